The highest BCUT2D eigenvalue weighted by Gasteiger charge is 2.16. The first-order valence-electron chi connectivity index (χ1n) is 4.41. The van der Waals surface area contributed by atoms with E-state index in [0.29, 0.717) is 0 Å². The number of alkyl carbamates (subject to hydrolysis) is 1. The molecule has 0 saturated carbocycles. The molecule has 0 fully saturated rings. The molecule has 1 amide bonds. The van der Waals surface area contributed by atoms with Crippen LogP contribution in [0.15, 0.2) is 4.42 Å². The van der Waals surface area contributed by atoms with Gasteiger partial charge in [0, 0.05) is 0 Å². The standard InChI is InChI=1S/C8H14N4O3/c1-8(2,3)15-7(13)10-4-5-11-12-6(9)14-5/h4H2,1-3H3,(H2,9,12)(H,10,13). The maximum Gasteiger partial charge on any atom is 0.408 e. The molecule has 0 aliphatic carbocycles. The van der Waals surface area contributed by atoms with Crippen molar-refractivity contribution in [2.75, 3.05) is 5.73 Å². The lowest BCUT2D eigenvalue weighted by Gasteiger charge is -2.19. The number of rotatable bonds is 2. The second kappa shape index (κ2) is 4.16. The highest BCUT2D eigenvalue weighted by molar-refractivity contribution is 5.67. The van der Waals surface area contributed by atoms with E-state index in [1.807, 2.05) is 0 Å². The fourth-order valence-electron chi connectivity index (χ4n) is 0.800. The molecule has 1 rings (SSSR count). The molecule has 3 N–H and O–H groups in total. The van der Waals surface area contributed by atoms with Gasteiger partial charge in [0.2, 0.25) is 5.89 Å². The number of carbonyl (C=O) groups excluding carboxylic acids is 1. The lowest BCUT2D eigenvalue weighted by molar-refractivity contribution is 0.0519. The highest BCUT2D eigenvalue weighted by atomic mass is 16.6. The Kier molecular flexibility index (Phi) is 3.13. The monoisotopic (exact) mass is 214 g/mol. The van der Waals surface area contributed by atoms with Gasteiger partial charge in [0.1, 0.15) is 5.60 Å². The number of amides is 1. The normalized spacial score (nSPS) is 11.1. The molecule has 7 nitrogen and oxygen atoms in total. The summed E-state index contributed by atoms with van der Waals surface area (Å²) in [5, 5.41) is 9.47. The quantitative estimate of drug-likeness (QED) is 0.750. The van der Waals surface area contributed by atoms with Crippen LogP contribution < -0.4 is 11.1 Å². The summed E-state index contributed by atoms with van der Waals surface area (Å²) >= 11 is 0. The zero-order valence-electron chi connectivity index (χ0n) is 8.90. The van der Waals surface area contributed by atoms with Crippen LogP contribution in [0, 0.1) is 0 Å². The minimum Gasteiger partial charge on any atom is -0.444 e. The topological polar surface area (TPSA) is 103 Å². The number of nitrogens with zero attached hydrogens (tertiary/aromatic N) is 2. The van der Waals surface area contributed by atoms with Gasteiger partial charge in [-0.05, 0) is 20.8 Å². The number of nitrogens with two attached hydrogens (primary N) is 1. The molecule has 0 aliphatic rings. The number of nitrogen functional groups attached to an aromatic ring is 1. The molecule has 1 aromatic heterocycles. The van der Waals surface area contributed by atoms with Gasteiger partial charge >= 0.3 is 12.1 Å². The zero-order valence-corrected chi connectivity index (χ0v) is 8.90. The van der Waals surface area contributed by atoms with Gasteiger partial charge in [0.25, 0.3) is 0 Å². The average Bonchev–Trinajstić information content (AvgIpc) is 2.45. The van der Waals surface area contributed by atoms with Gasteiger partial charge in [0.15, 0.2) is 0 Å². The Morgan fingerprint density at radius 1 is 1.53 bits per heavy atom. The lowest BCUT2D eigenvalue weighted by atomic mass is 10.2. The van der Waals surface area contributed by atoms with Crippen LogP contribution in [0.4, 0.5) is 10.8 Å². The third kappa shape index (κ3) is 4.30. The predicted octanol–water partition coefficient (Wildman–Crippen LogP) is 0.677. The van der Waals surface area contributed by atoms with E-state index in [4.69, 9.17) is 14.9 Å². The number of hydrogen-bond donors (Lipinski definition) is 2. The van der Waals surface area contributed by atoms with Crippen LogP contribution >= 0.6 is 0 Å². The summed E-state index contributed by atoms with van der Waals surface area (Å²) in [7, 11) is 0. The third-order valence-electron chi connectivity index (χ3n) is 1.27. The van der Waals surface area contributed by atoms with Gasteiger partial charge in [-0.2, -0.15) is 0 Å². The van der Waals surface area contributed by atoms with Crippen LogP contribution in [0.5, 0.6) is 0 Å². The molecule has 84 valence electrons. The van der Waals surface area contributed by atoms with Crippen molar-refractivity contribution in [3.8, 4) is 0 Å². The minimum atomic E-state index is -0.542. The predicted molar refractivity (Wildman–Crippen MR) is 51.8 cm³/mol. The van der Waals surface area contributed by atoms with Gasteiger partial charge in [-0.3, -0.25) is 0 Å². The molecule has 0 atom stereocenters. The van der Waals surface area contributed by atoms with Crippen molar-refractivity contribution in [1.82, 2.24) is 15.5 Å². The summed E-state index contributed by atoms with van der Waals surface area (Å²) in [4.78, 5) is 11.2. The number of hydrogen-bond acceptors (Lipinski definition) is 6. The summed E-state index contributed by atoms with van der Waals surface area (Å²) in [5.74, 6) is 0.235. The number of ether oxygens (including phenoxy) is 1. The average molecular weight is 214 g/mol. The van der Waals surface area contributed by atoms with Gasteiger partial charge < -0.3 is 20.2 Å². The van der Waals surface area contributed by atoms with Crippen molar-refractivity contribution in [2.24, 2.45) is 0 Å². The molecule has 1 heterocycles. The number of anilines is 1. The molecule has 1 aromatic rings. The number of aromatic nitrogens is 2. The van der Waals surface area contributed by atoms with Crippen molar-refractivity contribution in [1.29, 1.82) is 0 Å². The van der Waals surface area contributed by atoms with Crippen molar-refractivity contribution >= 4 is 12.1 Å². The molecular formula is C8H14N4O3. The van der Waals surface area contributed by atoms with Gasteiger partial charge in [-0.25, -0.2) is 4.79 Å². The Hall–Kier alpha value is -1.79. The van der Waals surface area contributed by atoms with Crippen molar-refractivity contribution in [3.63, 3.8) is 0 Å². The molecule has 0 unspecified atom stereocenters. The van der Waals surface area contributed by atoms with E-state index in [1.165, 1.54) is 0 Å². The van der Waals surface area contributed by atoms with Crippen molar-refractivity contribution in [2.45, 2.75) is 32.9 Å². The second-order valence-electron chi connectivity index (χ2n) is 3.89. The zero-order chi connectivity index (χ0) is 11.5. The van der Waals surface area contributed by atoms with E-state index in [9.17, 15) is 4.79 Å². The van der Waals surface area contributed by atoms with E-state index in [0.717, 1.165) is 0 Å². The first kappa shape index (κ1) is 11.3. The van der Waals surface area contributed by atoms with Crippen LogP contribution in [0.1, 0.15) is 26.7 Å². The summed E-state index contributed by atoms with van der Waals surface area (Å²) < 4.78 is 9.84. The Labute approximate surface area is 87.0 Å². The van der Waals surface area contributed by atoms with Crippen LogP contribution in [-0.4, -0.2) is 21.9 Å². The Bertz CT molecular complexity index is 342. The van der Waals surface area contributed by atoms with Crippen LogP contribution in [-0.2, 0) is 11.3 Å². The first-order valence-corrected chi connectivity index (χ1v) is 4.41. The molecule has 0 saturated heterocycles. The smallest absolute Gasteiger partial charge is 0.408 e. The molecule has 0 bridgehead atoms. The number of nitrogens with one attached hydrogen (secondary N) is 1. The summed E-state index contributed by atoms with van der Waals surface area (Å²) in [6, 6.07) is -0.0315. The van der Waals surface area contributed by atoms with Crippen molar-refractivity contribution in [3.05, 3.63) is 5.89 Å². The summed E-state index contributed by atoms with van der Waals surface area (Å²) in [6.45, 7) is 5.42. The Balaban J connectivity index is 2.35. The SMILES string of the molecule is CC(C)(C)OC(=O)NCc1nnc(N)o1. The van der Waals surface area contributed by atoms with Gasteiger partial charge in [0.05, 0.1) is 6.54 Å². The molecule has 0 spiro atoms. The van der Waals surface area contributed by atoms with E-state index in [-0.39, 0.29) is 18.5 Å². The van der Waals surface area contributed by atoms with E-state index >= 15 is 0 Å². The van der Waals surface area contributed by atoms with Crippen LogP contribution in [0.2, 0.25) is 0 Å². The Morgan fingerprint density at radius 2 is 2.20 bits per heavy atom. The maximum absolute atomic E-state index is 11.2. The van der Waals surface area contributed by atoms with Gasteiger partial charge in [-0.1, -0.05) is 5.10 Å². The molecular weight excluding hydrogens is 200 g/mol. The molecule has 0 radical (unpaired) electrons. The van der Waals surface area contributed by atoms with Crippen LogP contribution in [0.3, 0.4) is 0 Å². The highest BCUT2D eigenvalue weighted by Crippen LogP contribution is 2.07. The maximum atomic E-state index is 11.2. The molecule has 0 aromatic carbocycles. The molecule has 0 aliphatic heterocycles. The third-order valence-corrected chi connectivity index (χ3v) is 1.27. The van der Waals surface area contributed by atoms with E-state index in [2.05, 4.69) is 15.5 Å². The van der Waals surface area contributed by atoms with Gasteiger partial charge in [-0.15, -0.1) is 5.10 Å². The van der Waals surface area contributed by atoms with Crippen molar-refractivity contribution < 1.29 is 13.9 Å². The summed E-state index contributed by atoms with van der Waals surface area (Å²) in [5.41, 5.74) is 4.67. The van der Waals surface area contributed by atoms with E-state index in [1.54, 1.807) is 20.8 Å². The first-order chi connectivity index (χ1) is 6.87. The van der Waals surface area contributed by atoms with E-state index < -0.39 is 11.7 Å². The fraction of sp³-hybridized carbons (Fsp3) is 0.625. The number of carbonyl (C=O) groups is 1. The molecule has 15 heavy (non-hydrogen) atoms. The largest absolute Gasteiger partial charge is 0.444 e. The Morgan fingerprint density at radius 3 is 2.67 bits per heavy atom. The second-order valence-corrected chi connectivity index (χ2v) is 3.89. The minimum absolute atomic E-state index is 0.0315. The lowest BCUT2D eigenvalue weighted by Crippen LogP contribution is -2.32. The fourth-order valence-corrected chi connectivity index (χ4v) is 0.800. The molecule has 7 heteroatoms. The summed E-state index contributed by atoms with van der Waals surface area (Å²) in [6.07, 6.45) is -0.542. The van der Waals surface area contributed by atoms with Crippen LogP contribution in [0.25, 0.3) is 0 Å².